The molecule has 0 fully saturated rings. The largest absolute Gasteiger partial charge is 0.322 e. The molecule has 0 bridgehead atoms. The summed E-state index contributed by atoms with van der Waals surface area (Å²) in [6.45, 7) is 3.70. The maximum atomic E-state index is 13.2. The van der Waals surface area contributed by atoms with Crippen LogP contribution in [0.1, 0.15) is 21.5 Å². The zero-order valence-corrected chi connectivity index (χ0v) is 16.6. The van der Waals surface area contributed by atoms with Crippen LogP contribution in [0.2, 0.25) is 0 Å². The first-order chi connectivity index (χ1) is 13.7. The fourth-order valence-corrected chi connectivity index (χ4v) is 4.52. The molecule has 0 spiro atoms. The Morgan fingerprint density at radius 1 is 0.931 bits per heavy atom. The number of carbonyl (C=O) groups is 1. The summed E-state index contributed by atoms with van der Waals surface area (Å²) >= 11 is 0. The van der Waals surface area contributed by atoms with Crippen LogP contribution in [0, 0.1) is 24.0 Å². The molecule has 0 saturated heterocycles. The third-order valence-corrected chi connectivity index (χ3v) is 6.27. The number of anilines is 1. The molecule has 0 aliphatic heterocycles. The van der Waals surface area contributed by atoms with E-state index in [1.54, 1.807) is 6.07 Å². The van der Waals surface area contributed by atoms with Crippen LogP contribution in [0.15, 0.2) is 76.5 Å². The molecule has 29 heavy (non-hydrogen) atoms. The number of hydrogen-bond acceptors (Lipinski definition) is 5. The molecule has 1 amide bonds. The van der Waals surface area contributed by atoms with Gasteiger partial charge in [0.25, 0.3) is 11.6 Å². The van der Waals surface area contributed by atoms with Gasteiger partial charge in [-0.3, -0.25) is 14.9 Å². The first-order valence-electron chi connectivity index (χ1n) is 8.68. The summed E-state index contributed by atoms with van der Waals surface area (Å²) in [7, 11) is -4.30. The summed E-state index contributed by atoms with van der Waals surface area (Å²) < 4.78 is 26.3. The van der Waals surface area contributed by atoms with Gasteiger partial charge in [0, 0.05) is 11.8 Å². The number of nitrogens with zero attached hydrogens (tertiary/aromatic N) is 1. The molecule has 148 valence electrons. The number of benzene rings is 3. The van der Waals surface area contributed by atoms with Gasteiger partial charge in [-0.25, -0.2) is 8.42 Å². The molecule has 0 atom stereocenters. The maximum Gasteiger partial charge on any atom is 0.288 e. The minimum Gasteiger partial charge on any atom is -0.322 e. The number of sulfone groups is 1. The predicted octanol–water partition coefficient (Wildman–Crippen LogP) is 4.30. The van der Waals surface area contributed by atoms with E-state index in [1.165, 1.54) is 36.4 Å². The number of para-hydroxylation sites is 1. The third kappa shape index (κ3) is 4.02. The van der Waals surface area contributed by atoms with Crippen LogP contribution in [-0.2, 0) is 9.84 Å². The third-order valence-electron chi connectivity index (χ3n) is 4.41. The number of rotatable bonds is 5. The molecule has 7 nitrogen and oxygen atoms in total. The topological polar surface area (TPSA) is 106 Å². The zero-order valence-electron chi connectivity index (χ0n) is 15.7. The molecule has 0 aromatic heterocycles. The monoisotopic (exact) mass is 410 g/mol. The van der Waals surface area contributed by atoms with Crippen molar-refractivity contribution in [1.82, 2.24) is 0 Å². The van der Waals surface area contributed by atoms with E-state index in [0.717, 1.165) is 23.3 Å². The predicted molar refractivity (Wildman–Crippen MR) is 109 cm³/mol. The van der Waals surface area contributed by atoms with E-state index < -0.39 is 31.3 Å². The van der Waals surface area contributed by atoms with E-state index in [2.05, 4.69) is 5.32 Å². The number of aryl methyl sites for hydroxylation is 2. The Balaban J connectivity index is 2.09. The van der Waals surface area contributed by atoms with Crippen LogP contribution in [0.4, 0.5) is 11.4 Å². The highest BCUT2D eigenvalue weighted by Gasteiger charge is 2.30. The summed E-state index contributed by atoms with van der Waals surface area (Å²) in [6, 6.07) is 16.2. The van der Waals surface area contributed by atoms with Crippen molar-refractivity contribution in [2.75, 3.05) is 5.32 Å². The van der Waals surface area contributed by atoms with Crippen LogP contribution in [0.5, 0.6) is 0 Å². The standard InChI is InChI=1S/C21H18N2O5S/c1-14-11-12-15(2)17(13-14)22-21(24)16-7-3-5-9-19(16)29(27,28)20-10-6-4-8-18(20)23(25)26/h3-13H,1-2H3,(H,22,24). The number of carbonyl (C=O) groups excluding carboxylic acids is 1. The van der Waals surface area contributed by atoms with Gasteiger partial charge in [-0.05, 0) is 49.2 Å². The molecular weight excluding hydrogens is 392 g/mol. The molecule has 3 aromatic carbocycles. The van der Waals surface area contributed by atoms with Gasteiger partial charge in [-0.1, -0.05) is 36.4 Å². The Labute approximate surface area is 168 Å². The van der Waals surface area contributed by atoms with E-state index in [4.69, 9.17) is 0 Å². The fourth-order valence-electron chi connectivity index (χ4n) is 2.90. The van der Waals surface area contributed by atoms with Crippen LogP contribution >= 0.6 is 0 Å². The van der Waals surface area contributed by atoms with Crippen LogP contribution < -0.4 is 5.32 Å². The molecule has 3 aromatic rings. The lowest BCUT2D eigenvalue weighted by Gasteiger charge is -2.13. The van der Waals surface area contributed by atoms with Crippen LogP contribution in [0.25, 0.3) is 0 Å². The molecule has 8 heteroatoms. The van der Waals surface area contributed by atoms with Crippen molar-refractivity contribution >= 4 is 27.1 Å². The fraction of sp³-hybridized carbons (Fsp3) is 0.0952. The second-order valence-electron chi connectivity index (χ2n) is 6.50. The molecule has 0 saturated carbocycles. The van der Waals surface area contributed by atoms with Crippen molar-refractivity contribution in [3.8, 4) is 0 Å². The Hall–Kier alpha value is -3.52. The van der Waals surface area contributed by atoms with Crippen molar-refractivity contribution < 1.29 is 18.1 Å². The number of nitrogens with one attached hydrogen (secondary N) is 1. The van der Waals surface area contributed by atoms with Crippen molar-refractivity contribution in [3.63, 3.8) is 0 Å². The minimum atomic E-state index is -4.30. The van der Waals surface area contributed by atoms with Gasteiger partial charge in [0.05, 0.1) is 15.4 Å². The van der Waals surface area contributed by atoms with Gasteiger partial charge in [-0.2, -0.15) is 0 Å². The molecule has 0 unspecified atom stereocenters. The van der Waals surface area contributed by atoms with Crippen LogP contribution in [0.3, 0.4) is 0 Å². The van der Waals surface area contributed by atoms with Gasteiger partial charge in [-0.15, -0.1) is 0 Å². The molecule has 0 aliphatic rings. The average molecular weight is 410 g/mol. The first kappa shape index (κ1) is 20.2. The highest BCUT2D eigenvalue weighted by molar-refractivity contribution is 7.91. The molecule has 0 radical (unpaired) electrons. The summed E-state index contributed by atoms with van der Waals surface area (Å²) in [5.74, 6) is -0.614. The van der Waals surface area contributed by atoms with E-state index in [1.807, 2.05) is 26.0 Å². The minimum absolute atomic E-state index is 0.0912. The highest BCUT2D eigenvalue weighted by Crippen LogP contribution is 2.31. The highest BCUT2D eigenvalue weighted by atomic mass is 32.2. The maximum absolute atomic E-state index is 13.2. The number of nitro benzene ring substituents is 1. The Morgan fingerprint density at radius 3 is 2.24 bits per heavy atom. The molecule has 0 heterocycles. The van der Waals surface area contributed by atoms with E-state index >= 15 is 0 Å². The SMILES string of the molecule is Cc1ccc(C)c(NC(=O)c2ccccc2S(=O)(=O)c2ccccc2[N+](=O)[O-])c1. The average Bonchev–Trinajstić information content (AvgIpc) is 2.70. The lowest BCUT2D eigenvalue weighted by molar-refractivity contribution is -0.387. The molecule has 1 N–H and O–H groups in total. The summed E-state index contributed by atoms with van der Waals surface area (Å²) in [4.78, 5) is 22.7. The van der Waals surface area contributed by atoms with Crippen molar-refractivity contribution in [2.45, 2.75) is 23.6 Å². The van der Waals surface area contributed by atoms with E-state index in [9.17, 15) is 23.3 Å². The summed E-state index contributed by atoms with van der Waals surface area (Å²) in [5.41, 5.74) is 1.69. The lowest BCUT2D eigenvalue weighted by Crippen LogP contribution is -2.17. The van der Waals surface area contributed by atoms with Crippen LogP contribution in [-0.4, -0.2) is 19.2 Å². The van der Waals surface area contributed by atoms with E-state index in [-0.39, 0.29) is 10.5 Å². The van der Waals surface area contributed by atoms with Gasteiger partial charge in [0.15, 0.2) is 0 Å². The van der Waals surface area contributed by atoms with Crippen molar-refractivity contribution in [3.05, 3.63) is 93.5 Å². The van der Waals surface area contributed by atoms with Gasteiger partial charge >= 0.3 is 0 Å². The van der Waals surface area contributed by atoms with Crippen molar-refractivity contribution in [2.24, 2.45) is 0 Å². The van der Waals surface area contributed by atoms with E-state index in [0.29, 0.717) is 5.69 Å². The molecule has 0 aliphatic carbocycles. The quantitative estimate of drug-likeness (QED) is 0.499. The number of hydrogen-bond donors (Lipinski definition) is 1. The van der Waals surface area contributed by atoms with Gasteiger partial charge < -0.3 is 5.32 Å². The van der Waals surface area contributed by atoms with Gasteiger partial charge in [0.1, 0.15) is 4.90 Å². The van der Waals surface area contributed by atoms with Gasteiger partial charge in [0.2, 0.25) is 9.84 Å². The summed E-state index contributed by atoms with van der Waals surface area (Å²) in [5, 5.41) is 14.0. The summed E-state index contributed by atoms with van der Waals surface area (Å²) in [6.07, 6.45) is 0. The first-order valence-corrected chi connectivity index (χ1v) is 10.2. The molecule has 3 rings (SSSR count). The lowest BCUT2D eigenvalue weighted by atomic mass is 10.1. The Kier molecular flexibility index (Phi) is 5.47. The number of amides is 1. The van der Waals surface area contributed by atoms with Crippen molar-refractivity contribution in [1.29, 1.82) is 0 Å². The normalized spacial score (nSPS) is 11.1. The molecular formula is C21H18N2O5S. The smallest absolute Gasteiger partial charge is 0.288 e. The Bertz CT molecular complexity index is 1220. The zero-order chi connectivity index (χ0) is 21.2. The number of nitro groups is 1. The second kappa shape index (κ2) is 7.84. The Morgan fingerprint density at radius 2 is 1.55 bits per heavy atom. The second-order valence-corrected chi connectivity index (χ2v) is 8.38.